The number of amides is 1. The molecule has 1 saturated carbocycles. The van der Waals surface area contributed by atoms with Gasteiger partial charge in [0.25, 0.3) is 0 Å². The predicted molar refractivity (Wildman–Crippen MR) is 135 cm³/mol. The Labute approximate surface area is 205 Å². The topological polar surface area (TPSA) is 83.6 Å². The molecule has 1 N–H and O–H groups in total. The van der Waals surface area contributed by atoms with E-state index < -0.39 is 0 Å². The lowest BCUT2D eigenvalue weighted by molar-refractivity contribution is -0.113. The van der Waals surface area contributed by atoms with Crippen molar-refractivity contribution in [2.45, 2.75) is 89.6 Å². The van der Waals surface area contributed by atoms with Crippen molar-refractivity contribution in [1.29, 1.82) is 5.26 Å². The summed E-state index contributed by atoms with van der Waals surface area (Å²) in [7, 11) is 2.00. The molecule has 0 aliphatic heterocycles. The third-order valence-corrected chi connectivity index (χ3v) is 10.0. The minimum Gasteiger partial charge on any atom is -0.316 e. The Hall–Kier alpha value is -1.85. The number of hydrogen-bond donors (Lipinski definition) is 1. The molecule has 2 heterocycles. The molecule has 2 aliphatic carbocycles. The number of aromatic nitrogens is 3. The van der Waals surface area contributed by atoms with Gasteiger partial charge in [0.1, 0.15) is 16.9 Å². The Morgan fingerprint density at radius 3 is 2.73 bits per heavy atom. The fraction of sp³-hybridized carbons (Fsp3) is 0.680. The van der Waals surface area contributed by atoms with E-state index in [-0.39, 0.29) is 11.7 Å². The van der Waals surface area contributed by atoms with E-state index in [2.05, 4.69) is 42.4 Å². The highest BCUT2D eigenvalue weighted by molar-refractivity contribution is 7.99. The zero-order valence-corrected chi connectivity index (χ0v) is 21.9. The van der Waals surface area contributed by atoms with E-state index in [1.807, 2.05) is 11.6 Å². The van der Waals surface area contributed by atoms with Crippen molar-refractivity contribution >= 4 is 34.0 Å². The van der Waals surface area contributed by atoms with E-state index in [4.69, 9.17) is 0 Å². The average molecular weight is 486 g/mol. The van der Waals surface area contributed by atoms with Crippen molar-refractivity contribution in [2.24, 2.45) is 18.4 Å². The van der Waals surface area contributed by atoms with E-state index in [1.165, 1.54) is 48.7 Å². The molecule has 178 valence electrons. The van der Waals surface area contributed by atoms with E-state index in [0.29, 0.717) is 27.8 Å². The highest BCUT2D eigenvalue weighted by atomic mass is 32.2. The van der Waals surface area contributed by atoms with E-state index in [9.17, 15) is 10.1 Å². The van der Waals surface area contributed by atoms with Gasteiger partial charge >= 0.3 is 0 Å². The number of nitrogens with one attached hydrogen (secondary N) is 1. The SMILES string of the molecule is CCC(C)(C)C1CCc2c(sc(NC(=O)CSc3nnc(C4CCCCC4)n3C)c2C#N)C1. The summed E-state index contributed by atoms with van der Waals surface area (Å²) in [6.07, 6.45) is 10.4. The molecule has 0 spiro atoms. The molecule has 1 fully saturated rings. The molecule has 8 heteroatoms. The van der Waals surface area contributed by atoms with E-state index >= 15 is 0 Å². The van der Waals surface area contributed by atoms with Gasteiger partial charge in [-0.25, -0.2) is 0 Å². The number of nitrogens with zero attached hydrogens (tertiary/aromatic N) is 4. The van der Waals surface area contributed by atoms with Crippen LogP contribution in [0.5, 0.6) is 0 Å². The summed E-state index contributed by atoms with van der Waals surface area (Å²) in [5.41, 5.74) is 2.11. The van der Waals surface area contributed by atoms with Crippen LogP contribution in [-0.4, -0.2) is 26.4 Å². The lowest BCUT2D eigenvalue weighted by Crippen LogP contribution is -2.28. The molecular weight excluding hydrogens is 450 g/mol. The van der Waals surface area contributed by atoms with Crippen LogP contribution in [-0.2, 0) is 24.7 Å². The van der Waals surface area contributed by atoms with Crippen molar-refractivity contribution in [2.75, 3.05) is 11.1 Å². The quantitative estimate of drug-likeness (QED) is 0.481. The number of rotatable bonds is 7. The Balaban J connectivity index is 1.40. The third kappa shape index (κ3) is 5.14. The largest absolute Gasteiger partial charge is 0.316 e. The second-order valence-electron chi connectivity index (χ2n) is 10.2. The van der Waals surface area contributed by atoms with Gasteiger partial charge in [0, 0.05) is 17.8 Å². The van der Waals surface area contributed by atoms with E-state index in [1.54, 1.807) is 11.3 Å². The van der Waals surface area contributed by atoms with Crippen molar-refractivity contribution in [3.05, 3.63) is 21.8 Å². The molecule has 0 radical (unpaired) electrons. The number of thiophene rings is 1. The number of carbonyl (C=O) groups is 1. The molecule has 1 atom stereocenters. The highest BCUT2D eigenvalue weighted by Crippen LogP contribution is 2.45. The maximum absolute atomic E-state index is 12.8. The molecule has 0 saturated heterocycles. The Morgan fingerprint density at radius 2 is 2.03 bits per heavy atom. The molecule has 2 aromatic heterocycles. The number of carbonyl (C=O) groups excluding carboxylic acids is 1. The van der Waals surface area contributed by atoms with Crippen LogP contribution in [0, 0.1) is 22.7 Å². The first kappa shape index (κ1) is 24.3. The maximum Gasteiger partial charge on any atom is 0.235 e. The van der Waals surface area contributed by atoms with Crippen molar-refractivity contribution < 1.29 is 4.79 Å². The average Bonchev–Trinajstić information content (AvgIpc) is 3.36. The first-order chi connectivity index (χ1) is 15.8. The van der Waals surface area contributed by atoms with Gasteiger partial charge in [-0.3, -0.25) is 4.79 Å². The van der Waals surface area contributed by atoms with Gasteiger partial charge in [-0.15, -0.1) is 21.5 Å². The molecule has 4 rings (SSSR count). The van der Waals surface area contributed by atoms with Crippen LogP contribution in [0.3, 0.4) is 0 Å². The first-order valence-corrected chi connectivity index (χ1v) is 14.0. The molecule has 2 aliphatic rings. The van der Waals surface area contributed by atoms with Gasteiger partial charge in [0.2, 0.25) is 5.91 Å². The summed E-state index contributed by atoms with van der Waals surface area (Å²) in [5, 5.41) is 23.1. The first-order valence-electron chi connectivity index (χ1n) is 12.2. The monoisotopic (exact) mass is 485 g/mol. The van der Waals surface area contributed by atoms with Crippen LogP contribution >= 0.6 is 23.1 Å². The van der Waals surface area contributed by atoms with Crippen LogP contribution in [0.15, 0.2) is 5.16 Å². The lowest BCUT2D eigenvalue weighted by atomic mass is 9.69. The standard InChI is InChI=1S/C25H35N5OS2/c1-5-25(2,3)17-11-12-18-19(14-26)23(33-20(18)13-17)27-21(31)15-32-24-29-28-22(30(24)4)16-9-7-6-8-10-16/h16-17H,5-13,15H2,1-4H3,(H,27,31). The normalized spacial score (nSPS) is 19.2. The molecule has 0 bridgehead atoms. The highest BCUT2D eigenvalue weighted by Gasteiger charge is 2.34. The molecule has 0 aromatic carbocycles. The number of anilines is 1. The summed E-state index contributed by atoms with van der Waals surface area (Å²) in [6, 6.07) is 2.36. The molecule has 1 amide bonds. The summed E-state index contributed by atoms with van der Waals surface area (Å²) >= 11 is 3.01. The summed E-state index contributed by atoms with van der Waals surface area (Å²) in [4.78, 5) is 14.0. The van der Waals surface area contributed by atoms with Crippen LogP contribution in [0.4, 0.5) is 5.00 Å². The molecular formula is C25H35N5OS2. The zero-order valence-electron chi connectivity index (χ0n) is 20.2. The van der Waals surface area contributed by atoms with Gasteiger partial charge in [-0.2, -0.15) is 5.26 Å². The summed E-state index contributed by atoms with van der Waals surface area (Å²) in [6.45, 7) is 6.93. The lowest BCUT2D eigenvalue weighted by Gasteiger charge is -2.36. The molecule has 2 aromatic rings. The molecule has 33 heavy (non-hydrogen) atoms. The summed E-state index contributed by atoms with van der Waals surface area (Å²) in [5.74, 6) is 2.31. The van der Waals surface area contributed by atoms with Gasteiger partial charge in [0.15, 0.2) is 5.16 Å². The maximum atomic E-state index is 12.8. The Kier molecular flexibility index (Phi) is 7.49. The summed E-state index contributed by atoms with van der Waals surface area (Å²) < 4.78 is 2.05. The predicted octanol–water partition coefficient (Wildman–Crippen LogP) is 6.07. The third-order valence-electron chi connectivity index (χ3n) is 7.82. The fourth-order valence-corrected chi connectivity index (χ4v) is 7.22. The molecule has 1 unspecified atom stereocenters. The second-order valence-corrected chi connectivity index (χ2v) is 12.2. The van der Waals surface area contributed by atoms with Gasteiger partial charge in [-0.1, -0.05) is 58.2 Å². The number of hydrogen-bond acceptors (Lipinski definition) is 6. The minimum absolute atomic E-state index is 0.0947. The minimum atomic E-state index is -0.0947. The van der Waals surface area contributed by atoms with Crippen molar-refractivity contribution in [1.82, 2.24) is 14.8 Å². The van der Waals surface area contributed by atoms with E-state index in [0.717, 1.165) is 42.2 Å². The zero-order chi connectivity index (χ0) is 23.6. The van der Waals surface area contributed by atoms with Crippen LogP contribution in [0.2, 0.25) is 0 Å². The Bertz CT molecular complexity index is 1040. The van der Waals surface area contributed by atoms with Crippen molar-refractivity contribution in [3.8, 4) is 6.07 Å². The number of thioether (sulfide) groups is 1. The number of nitriles is 1. The van der Waals surface area contributed by atoms with Crippen LogP contribution in [0.1, 0.15) is 93.5 Å². The van der Waals surface area contributed by atoms with Crippen molar-refractivity contribution in [3.63, 3.8) is 0 Å². The second kappa shape index (κ2) is 10.2. The van der Waals surface area contributed by atoms with Crippen LogP contribution in [0.25, 0.3) is 0 Å². The molecule has 6 nitrogen and oxygen atoms in total. The smallest absolute Gasteiger partial charge is 0.235 e. The Morgan fingerprint density at radius 1 is 1.27 bits per heavy atom. The number of fused-ring (bicyclic) bond motifs is 1. The van der Waals surface area contributed by atoms with Gasteiger partial charge in [0.05, 0.1) is 11.3 Å². The van der Waals surface area contributed by atoms with Crippen LogP contribution < -0.4 is 5.32 Å². The van der Waals surface area contributed by atoms with Gasteiger partial charge < -0.3 is 9.88 Å². The van der Waals surface area contributed by atoms with Gasteiger partial charge in [-0.05, 0) is 49.0 Å². The fourth-order valence-electron chi connectivity index (χ4n) is 5.21.